The van der Waals surface area contributed by atoms with Crippen molar-refractivity contribution in [3.63, 3.8) is 0 Å². The average Bonchev–Trinajstić information content (AvgIpc) is 2.90. The molecule has 0 radical (unpaired) electrons. The van der Waals surface area contributed by atoms with Gasteiger partial charge in [0.1, 0.15) is 0 Å². The van der Waals surface area contributed by atoms with Crippen LogP contribution < -0.4 is 0 Å². The number of carbonyl (C=O) groups excluding carboxylic acids is 1. The van der Waals surface area contributed by atoms with Gasteiger partial charge in [0.15, 0.2) is 0 Å². The zero-order valence-electron chi connectivity index (χ0n) is 13.4. The highest BCUT2D eigenvalue weighted by Gasteiger charge is 2.35. The zero-order valence-corrected chi connectivity index (χ0v) is 13.4. The van der Waals surface area contributed by atoms with Gasteiger partial charge in [-0.2, -0.15) is 5.10 Å². The van der Waals surface area contributed by atoms with E-state index >= 15 is 0 Å². The number of amides is 1. The van der Waals surface area contributed by atoms with Crippen LogP contribution in [0.15, 0.2) is 30.6 Å². The van der Waals surface area contributed by atoms with Crippen LogP contribution in [0.3, 0.4) is 0 Å². The first-order chi connectivity index (χ1) is 11.2. The van der Waals surface area contributed by atoms with Crippen LogP contribution in [0.4, 0.5) is 0 Å². The number of carbonyl (C=O) groups is 1. The van der Waals surface area contributed by atoms with Crippen molar-refractivity contribution in [3.05, 3.63) is 36.2 Å². The summed E-state index contributed by atoms with van der Waals surface area (Å²) in [6, 6.07) is 5.78. The number of fused-ring (bicyclic) bond motifs is 2. The molecule has 4 heterocycles. The van der Waals surface area contributed by atoms with Crippen LogP contribution in [0.1, 0.15) is 16.8 Å². The van der Waals surface area contributed by atoms with Gasteiger partial charge in [-0.15, -0.1) is 0 Å². The number of nitrogens with zero attached hydrogens (tertiary/aromatic N) is 4. The first-order valence-electron chi connectivity index (χ1n) is 8.24. The third kappa shape index (κ3) is 2.72. The smallest absolute Gasteiger partial charge is 0.257 e. The summed E-state index contributed by atoms with van der Waals surface area (Å²) in [7, 11) is 2.14. The fraction of sp³-hybridized carbons (Fsp3) is 0.529. The third-order valence-corrected chi connectivity index (χ3v) is 4.99. The summed E-state index contributed by atoms with van der Waals surface area (Å²) >= 11 is 0. The fourth-order valence-corrected chi connectivity index (χ4v) is 3.67. The summed E-state index contributed by atoms with van der Waals surface area (Å²) < 4.78 is 7.75. The van der Waals surface area contributed by atoms with E-state index in [1.165, 1.54) is 0 Å². The van der Waals surface area contributed by atoms with E-state index in [4.69, 9.17) is 4.74 Å². The van der Waals surface area contributed by atoms with Gasteiger partial charge < -0.3 is 14.5 Å². The molecule has 2 atom stereocenters. The van der Waals surface area contributed by atoms with E-state index in [2.05, 4.69) is 17.0 Å². The molecule has 122 valence electrons. The van der Waals surface area contributed by atoms with E-state index < -0.39 is 0 Å². The predicted molar refractivity (Wildman–Crippen MR) is 86.4 cm³/mol. The van der Waals surface area contributed by atoms with Crippen molar-refractivity contribution in [1.82, 2.24) is 19.4 Å². The quantitative estimate of drug-likeness (QED) is 0.792. The van der Waals surface area contributed by atoms with Gasteiger partial charge in [0.2, 0.25) is 0 Å². The molecule has 2 saturated heterocycles. The van der Waals surface area contributed by atoms with Crippen molar-refractivity contribution in [3.8, 4) is 0 Å². The van der Waals surface area contributed by atoms with Crippen LogP contribution in [0.25, 0.3) is 5.52 Å². The Morgan fingerprint density at radius 1 is 1.30 bits per heavy atom. The minimum atomic E-state index is 0.0610. The maximum absolute atomic E-state index is 12.9. The Morgan fingerprint density at radius 3 is 3.13 bits per heavy atom. The molecular weight excluding hydrogens is 292 g/mol. The Morgan fingerprint density at radius 2 is 2.22 bits per heavy atom. The molecule has 2 unspecified atom stereocenters. The fourth-order valence-electron chi connectivity index (χ4n) is 3.67. The number of ether oxygens (including phenoxy) is 1. The Bertz CT molecular complexity index is 713. The monoisotopic (exact) mass is 314 g/mol. The molecule has 2 aliphatic rings. The molecule has 1 amide bonds. The summed E-state index contributed by atoms with van der Waals surface area (Å²) in [4.78, 5) is 17.2. The minimum absolute atomic E-state index is 0.0610. The number of aromatic nitrogens is 2. The van der Waals surface area contributed by atoms with Gasteiger partial charge in [-0.1, -0.05) is 6.07 Å². The number of pyridine rings is 1. The number of hydrogen-bond acceptors (Lipinski definition) is 4. The summed E-state index contributed by atoms with van der Waals surface area (Å²) in [5.41, 5.74) is 1.54. The van der Waals surface area contributed by atoms with E-state index in [-0.39, 0.29) is 12.0 Å². The lowest BCUT2D eigenvalue weighted by atomic mass is 9.93. The van der Waals surface area contributed by atoms with Gasteiger partial charge in [0, 0.05) is 38.3 Å². The molecule has 0 saturated carbocycles. The Hall–Kier alpha value is -1.92. The predicted octanol–water partition coefficient (Wildman–Crippen LogP) is 1.13. The number of likely N-dealkylation sites (N-methyl/N-ethyl adjacent to an activating group) is 1. The molecule has 4 rings (SSSR count). The molecule has 0 aromatic carbocycles. The summed E-state index contributed by atoms with van der Waals surface area (Å²) in [5.74, 6) is 0.585. The molecule has 6 heteroatoms. The van der Waals surface area contributed by atoms with Crippen molar-refractivity contribution in [1.29, 1.82) is 0 Å². The summed E-state index contributed by atoms with van der Waals surface area (Å²) in [6.45, 7) is 4.25. The van der Waals surface area contributed by atoms with Crippen LogP contribution in [-0.2, 0) is 4.74 Å². The van der Waals surface area contributed by atoms with E-state index in [0.29, 0.717) is 18.0 Å². The topological polar surface area (TPSA) is 50.1 Å². The molecular formula is C17H22N4O2. The molecule has 2 aliphatic heterocycles. The Labute approximate surface area is 135 Å². The highest BCUT2D eigenvalue weighted by molar-refractivity contribution is 6.00. The molecule has 0 N–H and O–H groups in total. The average molecular weight is 314 g/mol. The van der Waals surface area contributed by atoms with Gasteiger partial charge >= 0.3 is 0 Å². The van der Waals surface area contributed by atoms with Gasteiger partial charge in [-0.3, -0.25) is 4.79 Å². The van der Waals surface area contributed by atoms with E-state index in [1.54, 1.807) is 10.7 Å². The van der Waals surface area contributed by atoms with Gasteiger partial charge in [-0.05, 0) is 25.6 Å². The normalized spacial score (nSPS) is 26.0. The molecule has 23 heavy (non-hydrogen) atoms. The maximum atomic E-state index is 12.9. The molecule has 2 fully saturated rings. The number of rotatable bonds is 1. The second kappa shape index (κ2) is 5.94. The minimum Gasteiger partial charge on any atom is -0.375 e. The largest absolute Gasteiger partial charge is 0.375 e. The van der Waals surface area contributed by atoms with Crippen LogP contribution in [-0.4, -0.2) is 71.3 Å². The van der Waals surface area contributed by atoms with Gasteiger partial charge in [-0.25, -0.2) is 4.52 Å². The SMILES string of the molecule is CN1CCOC2CN(C(=O)c3cnn4ccccc34)CCC2C1. The van der Waals surface area contributed by atoms with Crippen LogP contribution >= 0.6 is 0 Å². The lowest BCUT2D eigenvalue weighted by Crippen LogP contribution is -2.48. The van der Waals surface area contributed by atoms with Gasteiger partial charge in [0.05, 0.1) is 30.0 Å². The first kappa shape index (κ1) is 14.7. The second-order valence-corrected chi connectivity index (χ2v) is 6.56. The van der Waals surface area contributed by atoms with Crippen molar-refractivity contribution in [2.24, 2.45) is 5.92 Å². The summed E-state index contributed by atoms with van der Waals surface area (Å²) in [5, 5.41) is 4.27. The third-order valence-electron chi connectivity index (χ3n) is 4.99. The molecule has 6 nitrogen and oxygen atoms in total. The number of piperidine rings is 1. The second-order valence-electron chi connectivity index (χ2n) is 6.56. The van der Waals surface area contributed by atoms with E-state index in [9.17, 15) is 4.79 Å². The van der Waals surface area contributed by atoms with Crippen molar-refractivity contribution >= 4 is 11.4 Å². The van der Waals surface area contributed by atoms with Crippen molar-refractivity contribution < 1.29 is 9.53 Å². The highest BCUT2D eigenvalue weighted by atomic mass is 16.5. The van der Waals surface area contributed by atoms with Crippen LogP contribution in [0, 0.1) is 5.92 Å². The lowest BCUT2D eigenvalue weighted by molar-refractivity contribution is -0.0170. The van der Waals surface area contributed by atoms with Crippen molar-refractivity contribution in [2.75, 3.05) is 39.8 Å². The standard InChI is InChI=1S/C17H22N4O2/c1-19-8-9-23-16-12-20(7-5-13(16)11-19)17(22)14-10-18-21-6-3-2-4-15(14)21/h2-4,6,10,13,16H,5,7-9,11-12H2,1H3. The van der Waals surface area contributed by atoms with Crippen LogP contribution in [0.2, 0.25) is 0 Å². The Kier molecular flexibility index (Phi) is 3.79. The van der Waals surface area contributed by atoms with Gasteiger partial charge in [0.25, 0.3) is 5.91 Å². The first-order valence-corrected chi connectivity index (χ1v) is 8.24. The number of likely N-dealkylation sites (tertiary alicyclic amines) is 1. The molecule has 0 aliphatic carbocycles. The van der Waals surface area contributed by atoms with E-state index in [0.717, 1.165) is 38.2 Å². The van der Waals surface area contributed by atoms with Crippen molar-refractivity contribution in [2.45, 2.75) is 12.5 Å². The number of hydrogen-bond donors (Lipinski definition) is 0. The maximum Gasteiger partial charge on any atom is 0.257 e. The zero-order chi connectivity index (χ0) is 15.8. The molecule has 2 aromatic rings. The van der Waals surface area contributed by atoms with E-state index in [1.807, 2.05) is 29.3 Å². The Balaban J connectivity index is 1.53. The molecule has 0 bridgehead atoms. The summed E-state index contributed by atoms with van der Waals surface area (Å²) in [6.07, 6.45) is 4.69. The van der Waals surface area contributed by atoms with Crippen LogP contribution in [0.5, 0.6) is 0 Å². The molecule has 2 aromatic heterocycles. The highest BCUT2D eigenvalue weighted by Crippen LogP contribution is 2.25. The molecule has 0 spiro atoms. The lowest BCUT2D eigenvalue weighted by Gasteiger charge is -2.37.